The standard InChI is InChI=1S/C25H24FN5OS/c26-20-5-1-3-18(13-20)10-12-29-25-23(31(17-32)16-19-4-2-11-28-15-19)8-7-22(30-25)24-9-6-21(14-27)33-24/h1-9,11,13,15,17H,10,12,14,16,27H2,(H,29,30). The van der Waals surface area contributed by atoms with Crippen molar-refractivity contribution < 1.29 is 9.18 Å². The van der Waals surface area contributed by atoms with Crippen molar-refractivity contribution in [3.63, 3.8) is 0 Å². The third-order valence-corrected chi connectivity index (χ3v) is 6.23. The molecule has 0 fully saturated rings. The van der Waals surface area contributed by atoms with Gasteiger partial charge in [0.05, 0.1) is 22.8 Å². The van der Waals surface area contributed by atoms with Crippen LogP contribution in [-0.4, -0.2) is 22.9 Å². The first-order valence-electron chi connectivity index (χ1n) is 10.6. The molecule has 3 heterocycles. The highest BCUT2D eigenvalue weighted by Gasteiger charge is 2.15. The van der Waals surface area contributed by atoms with Crippen LogP contribution in [0.3, 0.4) is 0 Å². The van der Waals surface area contributed by atoms with Crippen molar-refractivity contribution in [1.29, 1.82) is 0 Å². The van der Waals surface area contributed by atoms with Gasteiger partial charge >= 0.3 is 0 Å². The molecular weight excluding hydrogens is 437 g/mol. The van der Waals surface area contributed by atoms with E-state index in [1.54, 1.807) is 34.7 Å². The molecule has 8 heteroatoms. The normalized spacial score (nSPS) is 10.7. The SMILES string of the molecule is NCc1ccc(-c2ccc(N(C=O)Cc3cccnc3)c(NCCc3cccc(F)c3)n2)s1. The molecule has 3 N–H and O–H groups in total. The molecule has 33 heavy (non-hydrogen) atoms. The number of anilines is 2. The minimum atomic E-state index is -0.259. The molecule has 0 spiro atoms. The first-order chi connectivity index (χ1) is 16.2. The third kappa shape index (κ3) is 5.79. The Morgan fingerprint density at radius 1 is 1.09 bits per heavy atom. The largest absolute Gasteiger partial charge is 0.368 e. The summed E-state index contributed by atoms with van der Waals surface area (Å²) in [5.41, 5.74) is 9.00. The number of hydrogen-bond donors (Lipinski definition) is 2. The fourth-order valence-corrected chi connectivity index (χ4v) is 4.32. The fraction of sp³-hybridized carbons (Fsp3) is 0.160. The van der Waals surface area contributed by atoms with E-state index in [4.69, 9.17) is 10.7 Å². The molecule has 1 aromatic carbocycles. The lowest BCUT2D eigenvalue weighted by Gasteiger charge is -2.21. The Morgan fingerprint density at radius 3 is 2.70 bits per heavy atom. The van der Waals surface area contributed by atoms with Crippen LogP contribution in [0.5, 0.6) is 0 Å². The summed E-state index contributed by atoms with van der Waals surface area (Å²) in [6.07, 6.45) is 4.83. The van der Waals surface area contributed by atoms with Crippen molar-refractivity contribution in [1.82, 2.24) is 9.97 Å². The molecule has 0 atom stereocenters. The fourth-order valence-electron chi connectivity index (χ4n) is 3.46. The van der Waals surface area contributed by atoms with Crippen molar-refractivity contribution in [3.8, 4) is 10.6 Å². The molecule has 0 saturated heterocycles. The van der Waals surface area contributed by atoms with Crippen molar-refractivity contribution in [2.24, 2.45) is 5.73 Å². The number of pyridine rings is 2. The summed E-state index contributed by atoms with van der Waals surface area (Å²) in [6, 6.07) is 18.1. The quantitative estimate of drug-likeness (QED) is 0.337. The van der Waals surface area contributed by atoms with Crippen LogP contribution in [-0.2, 0) is 24.3 Å². The summed E-state index contributed by atoms with van der Waals surface area (Å²) in [6.45, 7) is 1.38. The number of hydrogen-bond acceptors (Lipinski definition) is 6. The van der Waals surface area contributed by atoms with Gasteiger partial charge in [0.2, 0.25) is 6.41 Å². The van der Waals surface area contributed by atoms with E-state index in [1.807, 2.05) is 42.5 Å². The predicted octanol–water partition coefficient (Wildman–Crippen LogP) is 4.62. The molecule has 3 aromatic heterocycles. The van der Waals surface area contributed by atoms with Gasteiger partial charge in [-0.2, -0.15) is 0 Å². The maximum absolute atomic E-state index is 13.5. The number of halogens is 1. The first-order valence-corrected chi connectivity index (χ1v) is 11.4. The number of nitrogens with two attached hydrogens (primary N) is 1. The summed E-state index contributed by atoms with van der Waals surface area (Å²) in [4.78, 5) is 24.6. The zero-order valence-electron chi connectivity index (χ0n) is 17.9. The van der Waals surface area contributed by atoms with E-state index in [0.717, 1.165) is 33.0 Å². The van der Waals surface area contributed by atoms with Crippen molar-refractivity contribution in [2.45, 2.75) is 19.5 Å². The van der Waals surface area contributed by atoms with Gasteiger partial charge in [0.15, 0.2) is 5.82 Å². The van der Waals surface area contributed by atoms with Gasteiger partial charge in [0.1, 0.15) is 5.82 Å². The second kappa shape index (κ2) is 10.8. The van der Waals surface area contributed by atoms with Gasteiger partial charge in [0.25, 0.3) is 0 Å². The Kier molecular flexibility index (Phi) is 7.39. The number of benzene rings is 1. The van der Waals surface area contributed by atoms with Crippen LogP contribution in [0.25, 0.3) is 10.6 Å². The number of nitrogens with one attached hydrogen (secondary N) is 1. The lowest BCUT2D eigenvalue weighted by Crippen LogP contribution is -2.22. The summed E-state index contributed by atoms with van der Waals surface area (Å²) in [5.74, 6) is 0.327. The van der Waals surface area contributed by atoms with Crippen LogP contribution < -0.4 is 16.0 Å². The topological polar surface area (TPSA) is 84.1 Å². The van der Waals surface area contributed by atoms with Gasteiger partial charge < -0.3 is 16.0 Å². The van der Waals surface area contributed by atoms with E-state index in [2.05, 4.69) is 10.3 Å². The van der Waals surface area contributed by atoms with Gasteiger partial charge in [-0.1, -0.05) is 18.2 Å². The van der Waals surface area contributed by atoms with Gasteiger partial charge in [-0.3, -0.25) is 9.78 Å². The minimum Gasteiger partial charge on any atom is -0.368 e. The van der Waals surface area contributed by atoms with E-state index < -0.39 is 0 Å². The van der Waals surface area contributed by atoms with E-state index in [1.165, 1.54) is 12.1 Å². The molecule has 0 radical (unpaired) electrons. The predicted molar refractivity (Wildman–Crippen MR) is 131 cm³/mol. The lowest BCUT2D eigenvalue weighted by atomic mass is 10.1. The number of carbonyl (C=O) groups is 1. The van der Waals surface area contributed by atoms with Crippen molar-refractivity contribution in [3.05, 3.63) is 94.9 Å². The molecule has 0 aliphatic carbocycles. The summed E-state index contributed by atoms with van der Waals surface area (Å²) >= 11 is 1.59. The molecule has 0 saturated carbocycles. The van der Waals surface area contributed by atoms with Crippen molar-refractivity contribution >= 4 is 29.3 Å². The third-order valence-electron chi connectivity index (χ3n) is 5.10. The maximum atomic E-state index is 13.5. The first kappa shape index (κ1) is 22.6. The molecular formula is C25H24FN5OS. The highest BCUT2D eigenvalue weighted by Crippen LogP contribution is 2.32. The number of amides is 1. The van der Waals surface area contributed by atoms with Crippen LogP contribution in [0.1, 0.15) is 16.0 Å². The molecule has 168 valence electrons. The Labute approximate surface area is 195 Å². The molecule has 4 aromatic rings. The van der Waals surface area contributed by atoms with Crippen LogP contribution in [0, 0.1) is 5.82 Å². The zero-order valence-corrected chi connectivity index (χ0v) is 18.8. The highest BCUT2D eigenvalue weighted by atomic mass is 32.1. The molecule has 0 bridgehead atoms. The second-order valence-electron chi connectivity index (χ2n) is 7.44. The summed E-state index contributed by atoms with van der Waals surface area (Å²) in [7, 11) is 0. The van der Waals surface area contributed by atoms with Gasteiger partial charge in [-0.05, 0) is 60.0 Å². The Hall–Kier alpha value is -3.62. The minimum absolute atomic E-state index is 0.259. The molecule has 0 unspecified atom stereocenters. The van der Waals surface area contributed by atoms with Crippen LogP contribution in [0.2, 0.25) is 0 Å². The van der Waals surface area contributed by atoms with E-state index in [9.17, 15) is 9.18 Å². The van der Waals surface area contributed by atoms with E-state index >= 15 is 0 Å². The number of aromatic nitrogens is 2. The maximum Gasteiger partial charge on any atom is 0.214 e. The number of rotatable bonds is 10. The van der Waals surface area contributed by atoms with Gasteiger partial charge in [0, 0.05) is 30.4 Å². The zero-order chi connectivity index (χ0) is 23.0. The van der Waals surface area contributed by atoms with Gasteiger partial charge in [-0.25, -0.2) is 9.37 Å². The Balaban J connectivity index is 1.61. The Morgan fingerprint density at radius 2 is 1.97 bits per heavy atom. The molecule has 6 nitrogen and oxygen atoms in total. The number of nitrogens with zero attached hydrogens (tertiary/aromatic N) is 3. The average molecular weight is 462 g/mol. The number of thiophene rings is 1. The second-order valence-corrected chi connectivity index (χ2v) is 8.60. The van der Waals surface area contributed by atoms with Crippen LogP contribution >= 0.6 is 11.3 Å². The molecule has 0 aliphatic heterocycles. The molecule has 0 aliphatic rings. The summed E-state index contributed by atoms with van der Waals surface area (Å²) < 4.78 is 13.5. The van der Waals surface area contributed by atoms with Gasteiger partial charge in [-0.15, -0.1) is 11.3 Å². The smallest absolute Gasteiger partial charge is 0.214 e. The van der Waals surface area contributed by atoms with E-state index in [-0.39, 0.29) is 5.82 Å². The average Bonchev–Trinajstić information content (AvgIpc) is 3.33. The molecule has 1 amide bonds. The lowest BCUT2D eigenvalue weighted by molar-refractivity contribution is -0.107. The highest BCUT2D eigenvalue weighted by molar-refractivity contribution is 7.15. The van der Waals surface area contributed by atoms with Crippen molar-refractivity contribution in [2.75, 3.05) is 16.8 Å². The Bertz CT molecular complexity index is 1210. The van der Waals surface area contributed by atoms with E-state index in [0.29, 0.717) is 37.6 Å². The van der Waals surface area contributed by atoms with Crippen LogP contribution in [0.15, 0.2) is 73.1 Å². The van der Waals surface area contributed by atoms with Crippen LogP contribution in [0.4, 0.5) is 15.9 Å². The molecule has 4 rings (SSSR count). The monoisotopic (exact) mass is 461 g/mol. The summed E-state index contributed by atoms with van der Waals surface area (Å²) in [5, 5.41) is 3.34. The number of carbonyl (C=O) groups excluding carboxylic acids is 1.